The van der Waals surface area contributed by atoms with Gasteiger partial charge in [0.2, 0.25) is 5.28 Å². The molecule has 1 amide bonds. The highest BCUT2D eigenvalue weighted by atomic mass is 35.5. The number of carbonyl (C=O) groups excluding carboxylic acids is 1. The van der Waals surface area contributed by atoms with Crippen LogP contribution in [-0.4, -0.2) is 26.8 Å². The van der Waals surface area contributed by atoms with Crippen molar-refractivity contribution >= 4 is 34.9 Å². The molecule has 0 aliphatic rings. The molecule has 3 N–H and O–H groups in total. The topological polar surface area (TPSA) is 96.4 Å². The minimum Gasteiger partial charge on any atom is -0.444 e. The maximum Gasteiger partial charge on any atom is 0.412 e. The van der Waals surface area contributed by atoms with Gasteiger partial charge in [-0.15, -0.1) is 0 Å². The monoisotopic (exact) mass is 350 g/mol. The van der Waals surface area contributed by atoms with Crippen LogP contribution >= 0.6 is 11.6 Å². The van der Waals surface area contributed by atoms with Gasteiger partial charge in [-0.1, -0.05) is 6.07 Å². The van der Waals surface area contributed by atoms with E-state index in [1.54, 1.807) is 45.0 Å². The lowest BCUT2D eigenvalue weighted by molar-refractivity contribution is 0.0636. The quantitative estimate of drug-likeness (QED) is 0.727. The predicted molar refractivity (Wildman–Crippen MR) is 92.5 cm³/mol. The molecule has 0 aliphatic heterocycles. The van der Waals surface area contributed by atoms with Crippen LogP contribution in [0.4, 0.5) is 22.0 Å². The van der Waals surface area contributed by atoms with E-state index in [1.807, 2.05) is 0 Å². The number of aliphatic hydroxyl groups is 1. The van der Waals surface area contributed by atoms with E-state index in [0.29, 0.717) is 22.8 Å². The summed E-state index contributed by atoms with van der Waals surface area (Å²) in [5, 5.41) is 15.1. The third kappa shape index (κ3) is 5.36. The van der Waals surface area contributed by atoms with Gasteiger partial charge in [0.15, 0.2) is 0 Å². The lowest BCUT2D eigenvalue weighted by Gasteiger charge is -2.19. The molecule has 8 heteroatoms. The molecule has 128 valence electrons. The van der Waals surface area contributed by atoms with Crippen molar-refractivity contribution in [2.24, 2.45) is 0 Å². The zero-order chi connectivity index (χ0) is 17.7. The zero-order valence-corrected chi connectivity index (χ0v) is 14.4. The summed E-state index contributed by atoms with van der Waals surface area (Å²) in [6, 6.07) is 6.99. The fourth-order valence-corrected chi connectivity index (χ4v) is 1.98. The molecule has 0 aliphatic carbocycles. The van der Waals surface area contributed by atoms with Gasteiger partial charge in [0, 0.05) is 23.1 Å². The number of aromatic nitrogens is 2. The number of carbonyl (C=O) groups is 1. The van der Waals surface area contributed by atoms with Gasteiger partial charge >= 0.3 is 6.09 Å². The van der Waals surface area contributed by atoms with E-state index in [0.717, 1.165) is 0 Å². The molecule has 0 fully saturated rings. The molecular weight excluding hydrogens is 332 g/mol. The Morgan fingerprint density at radius 3 is 2.71 bits per heavy atom. The van der Waals surface area contributed by atoms with E-state index >= 15 is 0 Å². The lowest BCUT2D eigenvalue weighted by Crippen LogP contribution is -2.27. The summed E-state index contributed by atoms with van der Waals surface area (Å²) in [6.07, 6.45) is 0.904. The SMILES string of the molecule is CC(C)(C)OC(=O)Nc1cccc(Nc2nc(Cl)ncc2CO)c1. The van der Waals surface area contributed by atoms with Gasteiger partial charge in [-0.3, -0.25) is 5.32 Å². The molecule has 24 heavy (non-hydrogen) atoms. The standard InChI is InChI=1S/C16H19ClN4O3/c1-16(2,3)24-15(23)20-12-6-4-5-11(7-12)19-13-10(9-22)8-18-14(17)21-13/h4-8,22H,9H2,1-3H3,(H,20,23)(H,18,19,21). The molecule has 1 aromatic carbocycles. The van der Waals surface area contributed by atoms with Crippen molar-refractivity contribution in [3.8, 4) is 0 Å². The molecule has 0 atom stereocenters. The first-order valence-electron chi connectivity index (χ1n) is 7.26. The summed E-state index contributed by atoms with van der Waals surface area (Å²) in [5.74, 6) is 0.395. The van der Waals surface area contributed by atoms with Crippen molar-refractivity contribution in [2.75, 3.05) is 10.6 Å². The molecule has 0 bridgehead atoms. The van der Waals surface area contributed by atoms with Crippen LogP contribution < -0.4 is 10.6 Å². The van der Waals surface area contributed by atoms with Gasteiger partial charge in [0.1, 0.15) is 11.4 Å². The number of rotatable bonds is 4. The Morgan fingerprint density at radius 1 is 1.33 bits per heavy atom. The van der Waals surface area contributed by atoms with Gasteiger partial charge in [-0.25, -0.2) is 14.8 Å². The van der Waals surface area contributed by atoms with E-state index in [9.17, 15) is 9.90 Å². The van der Waals surface area contributed by atoms with E-state index in [-0.39, 0.29) is 11.9 Å². The van der Waals surface area contributed by atoms with Crippen molar-refractivity contribution in [1.29, 1.82) is 0 Å². The molecule has 0 saturated heterocycles. The van der Waals surface area contributed by atoms with Gasteiger partial charge < -0.3 is 15.2 Å². The highest BCUT2D eigenvalue weighted by Gasteiger charge is 2.16. The number of ether oxygens (including phenoxy) is 1. The summed E-state index contributed by atoms with van der Waals surface area (Å²) in [5.41, 5.74) is 1.14. The average Bonchev–Trinajstić information content (AvgIpc) is 2.45. The molecule has 0 radical (unpaired) electrons. The maximum atomic E-state index is 11.8. The first kappa shape index (κ1) is 18.0. The normalized spacial score (nSPS) is 11.0. The van der Waals surface area contributed by atoms with Crippen molar-refractivity contribution in [3.05, 3.63) is 41.3 Å². The largest absolute Gasteiger partial charge is 0.444 e. The number of nitrogens with zero attached hydrogens (tertiary/aromatic N) is 2. The minimum atomic E-state index is -0.576. The van der Waals surface area contributed by atoms with E-state index in [1.165, 1.54) is 6.20 Å². The molecule has 2 rings (SSSR count). The summed E-state index contributed by atoms with van der Waals surface area (Å²) in [4.78, 5) is 19.7. The van der Waals surface area contributed by atoms with Crippen LogP contribution in [0.25, 0.3) is 0 Å². The predicted octanol–water partition coefficient (Wildman–Crippen LogP) is 3.71. The van der Waals surface area contributed by atoms with Crippen LogP contribution in [0.2, 0.25) is 5.28 Å². The van der Waals surface area contributed by atoms with Crippen LogP contribution in [0, 0.1) is 0 Å². The van der Waals surface area contributed by atoms with Crippen LogP contribution in [-0.2, 0) is 11.3 Å². The average molecular weight is 351 g/mol. The summed E-state index contributed by atoms with van der Waals surface area (Å²) in [7, 11) is 0. The van der Waals surface area contributed by atoms with Crippen LogP contribution in [0.15, 0.2) is 30.5 Å². The number of amides is 1. The third-order valence-corrected chi connectivity index (χ3v) is 2.96. The highest BCUT2D eigenvalue weighted by Crippen LogP contribution is 2.22. The molecule has 2 aromatic rings. The summed E-state index contributed by atoms with van der Waals surface area (Å²) < 4.78 is 5.21. The first-order chi connectivity index (χ1) is 11.3. The van der Waals surface area contributed by atoms with Gasteiger partial charge in [0.05, 0.1) is 6.61 Å². The van der Waals surface area contributed by atoms with Crippen molar-refractivity contribution in [3.63, 3.8) is 0 Å². The Balaban J connectivity index is 2.13. The third-order valence-electron chi connectivity index (χ3n) is 2.78. The number of halogens is 1. The van der Waals surface area contributed by atoms with Gasteiger partial charge in [-0.05, 0) is 50.6 Å². The van der Waals surface area contributed by atoms with Crippen molar-refractivity contribution in [2.45, 2.75) is 33.0 Å². The Labute approximate surface area is 145 Å². The first-order valence-corrected chi connectivity index (χ1v) is 7.64. The van der Waals surface area contributed by atoms with Gasteiger partial charge in [0.25, 0.3) is 0 Å². The maximum absolute atomic E-state index is 11.8. The van der Waals surface area contributed by atoms with Crippen molar-refractivity contribution < 1.29 is 14.6 Å². The fourth-order valence-electron chi connectivity index (χ4n) is 1.84. The molecular formula is C16H19ClN4O3. The highest BCUT2D eigenvalue weighted by molar-refractivity contribution is 6.28. The Bertz CT molecular complexity index is 732. The number of hydrogen-bond acceptors (Lipinski definition) is 6. The Hall–Kier alpha value is -2.38. The summed E-state index contributed by atoms with van der Waals surface area (Å²) in [6.45, 7) is 5.15. The van der Waals surface area contributed by atoms with Crippen LogP contribution in [0.1, 0.15) is 26.3 Å². The number of nitrogens with one attached hydrogen (secondary N) is 2. The van der Waals surface area contributed by atoms with Crippen LogP contribution in [0.5, 0.6) is 0 Å². The Morgan fingerprint density at radius 2 is 2.04 bits per heavy atom. The minimum absolute atomic E-state index is 0.0673. The lowest BCUT2D eigenvalue weighted by atomic mass is 10.2. The molecule has 0 saturated carbocycles. The molecule has 1 heterocycles. The fraction of sp³-hybridized carbons (Fsp3) is 0.312. The molecule has 7 nitrogen and oxygen atoms in total. The molecule has 1 aromatic heterocycles. The number of hydrogen-bond donors (Lipinski definition) is 3. The van der Waals surface area contributed by atoms with Crippen LogP contribution in [0.3, 0.4) is 0 Å². The number of benzene rings is 1. The number of aliphatic hydroxyl groups excluding tert-OH is 1. The zero-order valence-electron chi connectivity index (χ0n) is 13.6. The van der Waals surface area contributed by atoms with E-state index in [2.05, 4.69) is 20.6 Å². The molecule has 0 unspecified atom stereocenters. The van der Waals surface area contributed by atoms with Crippen molar-refractivity contribution in [1.82, 2.24) is 9.97 Å². The number of anilines is 3. The second-order valence-electron chi connectivity index (χ2n) is 6.00. The molecule has 0 spiro atoms. The van der Waals surface area contributed by atoms with E-state index in [4.69, 9.17) is 16.3 Å². The Kier molecular flexibility index (Phi) is 5.58. The summed E-state index contributed by atoms with van der Waals surface area (Å²) >= 11 is 5.78. The second-order valence-corrected chi connectivity index (χ2v) is 6.34. The van der Waals surface area contributed by atoms with E-state index < -0.39 is 11.7 Å². The van der Waals surface area contributed by atoms with Gasteiger partial charge in [-0.2, -0.15) is 0 Å². The second kappa shape index (κ2) is 7.46. The smallest absolute Gasteiger partial charge is 0.412 e.